The summed E-state index contributed by atoms with van der Waals surface area (Å²) in [4.78, 5) is 12.4. The second-order valence-electron chi connectivity index (χ2n) is 8.11. The van der Waals surface area contributed by atoms with Gasteiger partial charge in [0.15, 0.2) is 17.1 Å². The van der Waals surface area contributed by atoms with Crippen molar-refractivity contribution in [3.63, 3.8) is 0 Å². The molecule has 1 N–H and O–H groups in total. The Morgan fingerprint density at radius 1 is 1.12 bits per heavy atom. The van der Waals surface area contributed by atoms with Gasteiger partial charge in [0.2, 0.25) is 5.91 Å². The van der Waals surface area contributed by atoms with E-state index in [1.807, 2.05) is 47.9 Å². The highest BCUT2D eigenvalue weighted by molar-refractivity contribution is 7.99. The molecule has 1 aromatic heterocycles. The van der Waals surface area contributed by atoms with Crippen molar-refractivity contribution in [3.8, 4) is 5.75 Å². The van der Waals surface area contributed by atoms with Crippen molar-refractivity contribution >= 4 is 23.4 Å². The third-order valence-electron chi connectivity index (χ3n) is 5.26. The van der Waals surface area contributed by atoms with Gasteiger partial charge in [-0.15, -0.1) is 16.8 Å². The first-order valence-electron chi connectivity index (χ1n) is 11.2. The van der Waals surface area contributed by atoms with Crippen molar-refractivity contribution in [2.45, 2.75) is 57.8 Å². The molecular weight excluding hydrogens is 432 g/mol. The lowest BCUT2D eigenvalue weighted by atomic mass is 10.0. The minimum absolute atomic E-state index is 0.0894. The van der Waals surface area contributed by atoms with Gasteiger partial charge in [0.25, 0.3) is 0 Å². The van der Waals surface area contributed by atoms with Crippen LogP contribution in [0.1, 0.15) is 56.7 Å². The largest absolute Gasteiger partial charge is 0.483 e. The summed E-state index contributed by atoms with van der Waals surface area (Å²) >= 11 is 1.35. The lowest BCUT2D eigenvalue weighted by molar-refractivity contribution is -0.113. The molecule has 0 saturated carbocycles. The monoisotopic (exact) mass is 464 g/mol. The number of aromatic nitrogens is 3. The van der Waals surface area contributed by atoms with E-state index < -0.39 is 0 Å². The van der Waals surface area contributed by atoms with E-state index in [0.29, 0.717) is 23.4 Å². The van der Waals surface area contributed by atoms with Gasteiger partial charge in [-0.05, 0) is 54.7 Å². The molecule has 3 rings (SSSR count). The molecule has 1 amide bonds. The number of nitrogens with one attached hydrogen (secondary N) is 1. The quantitative estimate of drug-likeness (QED) is 0.278. The fourth-order valence-electron chi connectivity index (χ4n) is 3.35. The van der Waals surface area contributed by atoms with Crippen molar-refractivity contribution in [1.29, 1.82) is 0 Å². The van der Waals surface area contributed by atoms with Gasteiger partial charge in [0.1, 0.15) is 5.75 Å². The number of benzene rings is 2. The molecule has 2 aromatic carbocycles. The van der Waals surface area contributed by atoms with Crippen LogP contribution in [0.2, 0.25) is 0 Å². The van der Waals surface area contributed by atoms with Gasteiger partial charge in [-0.3, -0.25) is 9.36 Å². The Bertz CT molecular complexity index is 1060. The van der Waals surface area contributed by atoms with Gasteiger partial charge in [-0.2, -0.15) is 0 Å². The zero-order valence-electron chi connectivity index (χ0n) is 19.7. The van der Waals surface area contributed by atoms with Crippen LogP contribution >= 0.6 is 11.8 Å². The maximum absolute atomic E-state index is 12.4. The second kappa shape index (κ2) is 11.7. The van der Waals surface area contributed by atoms with Crippen LogP contribution in [0, 0.1) is 0 Å². The molecule has 0 aliphatic heterocycles. The number of ether oxygens (including phenoxy) is 1. The molecule has 7 heteroatoms. The van der Waals surface area contributed by atoms with Crippen LogP contribution in [0.4, 0.5) is 5.69 Å². The number of rotatable bonds is 11. The molecule has 1 heterocycles. The van der Waals surface area contributed by atoms with E-state index in [1.165, 1.54) is 22.9 Å². The fourth-order valence-corrected chi connectivity index (χ4v) is 4.10. The number of thioether (sulfide) groups is 1. The number of carbonyl (C=O) groups is 1. The molecule has 6 nitrogen and oxygen atoms in total. The van der Waals surface area contributed by atoms with E-state index in [-0.39, 0.29) is 17.8 Å². The molecule has 1 atom stereocenters. The third kappa shape index (κ3) is 6.71. The van der Waals surface area contributed by atoms with Crippen LogP contribution in [0.15, 0.2) is 66.3 Å². The third-order valence-corrected chi connectivity index (χ3v) is 6.23. The molecule has 33 heavy (non-hydrogen) atoms. The lowest BCUT2D eigenvalue weighted by Gasteiger charge is -2.16. The van der Waals surface area contributed by atoms with E-state index in [2.05, 4.69) is 55.0 Å². The lowest BCUT2D eigenvalue weighted by Crippen LogP contribution is -2.15. The Labute approximate surface area is 200 Å². The average Bonchev–Trinajstić information content (AvgIpc) is 3.21. The summed E-state index contributed by atoms with van der Waals surface area (Å²) in [5, 5.41) is 12.2. The second-order valence-corrected chi connectivity index (χ2v) is 9.05. The number of hydrogen-bond acceptors (Lipinski definition) is 5. The summed E-state index contributed by atoms with van der Waals surface area (Å²) < 4.78 is 8.05. The van der Waals surface area contributed by atoms with Crippen LogP contribution in [-0.4, -0.2) is 26.4 Å². The molecule has 3 aromatic rings. The highest BCUT2D eigenvalue weighted by atomic mass is 32.2. The number of allylic oxidation sites excluding steroid dienone is 1. The summed E-state index contributed by atoms with van der Waals surface area (Å²) in [6.45, 7) is 12.8. The number of amides is 1. The maximum Gasteiger partial charge on any atom is 0.234 e. The minimum Gasteiger partial charge on any atom is -0.483 e. The van der Waals surface area contributed by atoms with Gasteiger partial charge in [0, 0.05) is 12.2 Å². The summed E-state index contributed by atoms with van der Waals surface area (Å²) in [5.74, 6) is 2.09. The van der Waals surface area contributed by atoms with Crippen LogP contribution in [0.3, 0.4) is 0 Å². The molecule has 0 fully saturated rings. The smallest absolute Gasteiger partial charge is 0.234 e. The fraction of sp³-hybridized carbons (Fsp3) is 0.346. The van der Waals surface area contributed by atoms with Crippen LogP contribution in [-0.2, 0) is 17.8 Å². The van der Waals surface area contributed by atoms with E-state index in [0.717, 1.165) is 17.9 Å². The molecular formula is C26H32N4O2S. The molecule has 0 spiro atoms. The zero-order chi connectivity index (χ0) is 23.8. The van der Waals surface area contributed by atoms with E-state index in [1.54, 1.807) is 6.08 Å². The molecule has 0 aliphatic rings. The van der Waals surface area contributed by atoms with Gasteiger partial charge in [-0.1, -0.05) is 62.9 Å². The van der Waals surface area contributed by atoms with E-state index >= 15 is 0 Å². The number of carbonyl (C=O) groups excluding carboxylic acids is 1. The standard InChI is InChI=1S/C26H32N4O2S/c1-6-16-30-25(19(5)32-23-14-10-21(11-15-23)18(3)4)28-29-26(30)33-17-24(31)27-22-12-8-20(7-2)9-13-22/h6,8-15,18-19H,1,7,16-17H2,2-5H3,(H,27,31). The summed E-state index contributed by atoms with van der Waals surface area (Å²) in [6.07, 6.45) is 2.45. The van der Waals surface area contributed by atoms with Gasteiger partial charge >= 0.3 is 0 Å². The summed E-state index contributed by atoms with van der Waals surface area (Å²) in [6, 6.07) is 16.0. The topological polar surface area (TPSA) is 69.0 Å². The SMILES string of the molecule is C=CCn1c(SCC(=O)Nc2ccc(CC)cc2)nnc1C(C)Oc1ccc(C(C)C)cc1. The summed E-state index contributed by atoms with van der Waals surface area (Å²) in [7, 11) is 0. The Morgan fingerprint density at radius 2 is 1.82 bits per heavy atom. The van der Waals surface area contributed by atoms with Crippen molar-refractivity contribution in [3.05, 3.63) is 78.1 Å². The van der Waals surface area contributed by atoms with Crippen molar-refractivity contribution < 1.29 is 9.53 Å². The normalized spacial score (nSPS) is 11.9. The first-order valence-corrected chi connectivity index (χ1v) is 12.2. The number of hydrogen-bond donors (Lipinski definition) is 1. The highest BCUT2D eigenvalue weighted by Gasteiger charge is 2.20. The van der Waals surface area contributed by atoms with Crippen LogP contribution in [0.25, 0.3) is 0 Å². The highest BCUT2D eigenvalue weighted by Crippen LogP contribution is 2.26. The molecule has 174 valence electrons. The van der Waals surface area contributed by atoms with Gasteiger partial charge < -0.3 is 10.1 Å². The average molecular weight is 465 g/mol. The van der Waals surface area contributed by atoms with Gasteiger partial charge in [-0.25, -0.2) is 0 Å². The van der Waals surface area contributed by atoms with Crippen molar-refractivity contribution in [2.24, 2.45) is 0 Å². The molecule has 0 radical (unpaired) electrons. The van der Waals surface area contributed by atoms with Crippen LogP contribution < -0.4 is 10.1 Å². The molecule has 0 bridgehead atoms. The Balaban J connectivity index is 1.63. The first-order chi connectivity index (χ1) is 15.9. The predicted molar refractivity (Wildman–Crippen MR) is 135 cm³/mol. The van der Waals surface area contributed by atoms with E-state index in [4.69, 9.17) is 4.74 Å². The number of anilines is 1. The Kier molecular flexibility index (Phi) is 8.72. The number of nitrogens with zero attached hydrogens (tertiary/aromatic N) is 3. The molecule has 0 aliphatic carbocycles. The predicted octanol–water partition coefficient (Wildman–Crippen LogP) is 6.02. The number of aryl methyl sites for hydroxylation is 1. The summed E-state index contributed by atoms with van der Waals surface area (Å²) in [5.41, 5.74) is 3.29. The first kappa shape index (κ1) is 24.6. The zero-order valence-corrected chi connectivity index (χ0v) is 20.6. The van der Waals surface area contributed by atoms with Crippen molar-refractivity contribution in [1.82, 2.24) is 14.8 Å². The van der Waals surface area contributed by atoms with Crippen molar-refractivity contribution in [2.75, 3.05) is 11.1 Å². The Hall–Kier alpha value is -3.06. The maximum atomic E-state index is 12.4. The molecule has 1 unspecified atom stereocenters. The van der Waals surface area contributed by atoms with E-state index in [9.17, 15) is 4.79 Å². The van der Waals surface area contributed by atoms with Crippen LogP contribution in [0.5, 0.6) is 5.75 Å². The van der Waals surface area contributed by atoms with Gasteiger partial charge in [0.05, 0.1) is 5.75 Å². The molecule has 0 saturated heterocycles. The Morgan fingerprint density at radius 3 is 2.42 bits per heavy atom. The minimum atomic E-state index is -0.303.